The van der Waals surface area contributed by atoms with Crippen molar-refractivity contribution in [3.63, 3.8) is 0 Å². The van der Waals surface area contributed by atoms with Gasteiger partial charge in [-0.3, -0.25) is 4.90 Å². The minimum Gasteiger partial charge on any atom is -0.391 e. The van der Waals surface area contributed by atoms with E-state index in [0.29, 0.717) is 0 Å². The van der Waals surface area contributed by atoms with Crippen molar-refractivity contribution in [1.82, 2.24) is 9.88 Å². The number of aliphatic hydroxyl groups excluding tert-OH is 1. The van der Waals surface area contributed by atoms with E-state index in [1.165, 1.54) is 0 Å². The summed E-state index contributed by atoms with van der Waals surface area (Å²) in [6.07, 6.45) is 3.05. The highest BCUT2D eigenvalue weighted by molar-refractivity contribution is 7.11. The maximum Gasteiger partial charge on any atom is 0.0944 e. The molecule has 0 saturated carbocycles. The summed E-state index contributed by atoms with van der Waals surface area (Å²) < 4.78 is 5.34. The summed E-state index contributed by atoms with van der Waals surface area (Å²) in [5, 5.41) is 10.5. The van der Waals surface area contributed by atoms with Gasteiger partial charge in [-0.2, -0.15) is 0 Å². The van der Waals surface area contributed by atoms with Crippen LogP contribution in [0.4, 0.5) is 0 Å². The Bertz CT molecular complexity index is 362. The number of nitrogens with zero attached hydrogens (tertiary/aromatic N) is 2. The average molecular weight is 270 g/mol. The number of rotatable bonds is 6. The highest BCUT2D eigenvalue weighted by Crippen LogP contribution is 2.20. The molecule has 4 nitrogen and oxygen atoms in total. The molecule has 1 aromatic rings. The standard InChI is InChI=1S/C13H22N2O2S/c1-2-3-11-12(10-16)18-13(14-11)4-5-15-6-8-17-9-7-15/h16H,2-10H2,1H3. The van der Waals surface area contributed by atoms with E-state index in [0.717, 1.165) is 67.7 Å². The van der Waals surface area contributed by atoms with Gasteiger partial charge in [0.1, 0.15) is 0 Å². The molecule has 1 N–H and O–H groups in total. The van der Waals surface area contributed by atoms with Crippen LogP contribution >= 0.6 is 11.3 Å². The summed E-state index contributed by atoms with van der Waals surface area (Å²) >= 11 is 1.67. The van der Waals surface area contributed by atoms with Crippen LogP contribution in [0.1, 0.15) is 28.9 Å². The Morgan fingerprint density at radius 1 is 1.33 bits per heavy atom. The van der Waals surface area contributed by atoms with Gasteiger partial charge in [0.15, 0.2) is 0 Å². The summed E-state index contributed by atoms with van der Waals surface area (Å²) in [5.74, 6) is 0. The van der Waals surface area contributed by atoms with E-state index in [1.54, 1.807) is 11.3 Å². The summed E-state index contributed by atoms with van der Waals surface area (Å²) in [4.78, 5) is 8.13. The molecular formula is C13H22N2O2S. The second-order valence-electron chi connectivity index (χ2n) is 4.59. The third kappa shape index (κ3) is 3.75. The van der Waals surface area contributed by atoms with Gasteiger partial charge >= 0.3 is 0 Å². The molecule has 0 aliphatic carbocycles. The molecule has 0 atom stereocenters. The first-order valence-corrected chi connectivity index (χ1v) is 7.53. The lowest BCUT2D eigenvalue weighted by Gasteiger charge is -2.25. The monoisotopic (exact) mass is 270 g/mol. The summed E-state index contributed by atoms with van der Waals surface area (Å²) in [6.45, 7) is 7.08. The first kappa shape index (κ1) is 13.9. The zero-order valence-electron chi connectivity index (χ0n) is 11.0. The number of aliphatic hydroxyl groups is 1. The van der Waals surface area contributed by atoms with Crippen LogP contribution in [0.5, 0.6) is 0 Å². The number of aryl methyl sites for hydroxylation is 1. The van der Waals surface area contributed by atoms with Gasteiger partial charge in [-0.15, -0.1) is 11.3 Å². The van der Waals surface area contributed by atoms with Gasteiger partial charge in [-0.25, -0.2) is 4.98 Å². The summed E-state index contributed by atoms with van der Waals surface area (Å²) in [6, 6.07) is 0. The first-order valence-electron chi connectivity index (χ1n) is 6.72. The Morgan fingerprint density at radius 3 is 2.78 bits per heavy atom. The van der Waals surface area contributed by atoms with Crippen molar-refractivity contribution in [2.45, 2.75) is 32.8 Å². The molecule has 1 aliphatic heterocycles. The molecule has 0 unspecified atom stereocenters. The summed E-state index contributed by atoms with van der Waals surface area (Å²) in [7, 11) is 0. The lowest BCUT2D eigenvalue weighted by molar-refractivity contribution is 0.0384. The van der Waals surface area contributed by atoms with Crippen molar-refractivity contribution in [2.75, 3.05) is 32.8 Å². The van der Waals surface area contributed by atoms with Gasteiger partial charge in [0.2, 0.25) is 0 Å². The van der Waals surface area contributed by atoms with Gasteiger partial charge in [-0.1, -0.05) is 13.3 Å². The molecule has 5 heteroatoms. The van der Waals surface area contributed by atoms with Crippen LogP contribution in [-0.2, 0) is 24.2 Å². The van der Waals surface area contributed by atoms with Gasteiger partial charge < -0.3 is 9.84 Å². The normalized spacial score (nSPS) is 17.2. The molecule has 0 radical (unpaired) electrons. The Hall–Kier alpha value is -0.490. The van der Waals surface area contributed by atoms with Crippen molar-refractivity contribution >= 4 is 11.3 Å². The van der Waals surface area contributed by atoms with E-state index in [-0.39, 0.29) is 6.61 Å². The van der Waals surface area contributed by atoms with Crippen molar-refractivity contribution in [2.24, 2.45) is 0 Å². The largest absolute Gasteiger partial charge is 0.391 e. The fourth-order valence-corrected chi connectivity index (χ4v) is 3.14. The molecule has 2 heterocycles. The summed E-state index contributed by atoms with van der Waals surface area (Å²) in [5.41, 5.74) is 1.10. The third-order valence-electron chi connectivity index (χ3n) is 3.20. The number of hydrogen-bond acceptors (Lipinski definition) is 5. The molecule has 1 aliphatic rings. The van der Waals surface area contributed by atoms with Crippen molar-refractivity contribution in [3.05, 3.63) is 15.6 Å². The van der Waals surface area contributed by atoms with Crippen LogP contribution in [0.15, 0.2) is 0 Å². The zero-order valence-corrected chi connectivity index (χ0v) is 11.8. The predicted molar refractivity (Wildman–Crippen MR) is 73.0 cm³/mol. The quantitative estimate of drug-likeness (QED) is 0.850. The number of thiazole rings is 1. The van der Waals surface area contributed by atoms with E-state index in [4.69, 9.17) is 4.74 Å². The SMILES string of the molecule is CCCc1nc(CCN2CCOCC2)sc1CO. The van der Waals surface area contributed by atoms with E-state index in [1.807, 2.05) is 0 Å². The Balaban J connectivity index is 1.88. The molecule has 1 fully saturated rings. The van der Waals surface area contributed by atoms with Crippen molar-refractivity contribution < 1.29 is 9.84 Å². The molecule has 102 valence electrons. The first-order chi connectivity index (χ1) is 8.83. The van der Waals surface area contributed by atoms with E-state index in [2.05, 4.69) is 16.8 Å². The lowest BCUT2D eigenvalue weighted by atomic mass is 10.2. The van der Waals surface area contributed by atoms with E-state index in [9.17, 15) is 5.11 Å². The van der Waals surface area contributed by atoms with Crippen LogP contribution in [0.3, 0.4) is 0 Å². The third-order valence-corrected chi connectivity index (χ3v) is 4.34. The van der Waals surface area contributed by atoms with Crippen LogP contribution in [0.2, 0.25) is 0 Å². The number of morpholine rings is 1. The zero-order chi connectivity index (χ0) is 12.8. The van der Waals surface area contributed by atoms with Crippen LogP contribution in [0, 0.1) is 0 Å². The van der Waals surface area contributed by atoms with Crippen LogP contribution < -0.4 is 0 Å². The second kappa shape index (κ2) is 7.19. The highest BCUT2D eigenvalue weighted by atomic mass is 32.1. The molecular weight excluding hydrogens is 248 g/mol. The fourth-order valence-electron chi connectivity index (χ4n) is 2.18. The minimum atomic E-state index is 0.130. The Kier molecular flexibility index (Phi) is 5.56. The van der Waals surface area contributed by atoms with Crippen LogP contribution in [0.25, 0.3) is 0 Å². The van der Waals surface area contributed by atoms with Crippen LogP contribution in [-0.4, -0.2) is 47.8 Å². The Morgan fingerprint density at radius 2 is 2.11 bits per heavy atom. The number of hydrogen-bond donors (Lipinski definition) is 1. The molecule has 0 aromatic carbocycles. The lowest BCUT2D eigenvalue weighted by Crippen LogP contribution is -2.37. The van der Waals surface area contributed by atoms with E-state index >= 15 is 0 Å². The molecule has 0 bridgehead atoms. The second-order valence-corrected chi connectivity index (χ2v) is 5.76. The maximum atomic E-state index is 9.32. The molecule has 18 heavy (non-hydrogen) atoms. The molecule has 0 amide bonds. The van der Waals surface area contributed by atoms with Crippen molar-refractivity contribution in [3.8, 4) is 0 Å². The van der Waals surface area contributed by atoms with Gasteiger partial charge in [-0.05, 0) is 6.42 Å². The minimum absolute atomic E-state index is 0.130. The van der Waals surface area contributed by atoms with Crippen molar-refractivity contribution in [1.29, 1.82) is 0 Å². The topological polar surface area (TPSA) is 45.6 Å². The van der Waals surface area contributed by atoms with Gasteiger partial charge in [0.25, 0.3) is 0 Å². The number of aromatic nitrogens is 1. The van der Waals surface area contributed by atoms with Gasteiger partial charge in [0.05, 0.1) is 35.4 Å². The smallest absolute Gasteiger partial charge is 0.0944 e. The molecule has 2 rings (SSSR count). The predicted octanol–water partition coefficient (Wildman–Crippen LogP) is 1.46. The van der Waals surface area contributed by atoms with E-state index < -0.39 is 0 Å². The Labute approximate surface area is 113 Å². The molecule has 1 saturated heterocycles. The fraction of sp³-hybridized carbons (Fsp3) is 0.769. The van der Waals surface area contributed by atoms with Gasteiger partial charge in [0, 0.05) is 26.1 Å². The molecule has 1 aromatic heterocycles. The average Bonchev–Trinajstić information content (AvgIpc) is 2.80. The number of ether oxygens (including phenoxy) is 1. The maximum absolute atomic E-state index is 9.32. The highest BCUT2D eigenvalue weighted by Gasteiger charge is 2.13. The molecule has 0 spiro atoms.